The average molecular weight is 517 g/mol. The predicted molar refractivity (Wildman–Crippen MR) is 129 cm³/mol. The molecule has 2 amide bonds. The molecule has 192 valence electrons. The van der Waals surface area contributed by atoms with Crippen LogP contribution in [0.4, 0.5) is 4.39 Å². The molecule has 12 heteroatoms. The number of benzene rings is 2. The number of hydrogen-bond donors (Lipinski definition) is 3. The Hall–Kier alpha value is -5.13. The van der Waals surface area contributed by atoms with Crippen LogP contribution in [-0.4, -0.2) is 49.9 Å². The van der Waals surface area contributed by atoms with E-state index in [0.717, 1.165) is 16.3 Å². The molecule has 0 saturated heterocycles. The molecule has 2 aromatic heterocycles. The van der Waals surface area contributed by atoms with Crippen molar-refractivity contribution in [1.82, 2.24) is 25.2 Å². The summed E-state index contributed by atoms with van der Waals surface area (Å²) in [7, 11) is 0. The second-order valence-electron chi connectivity index (χ2n) is 8.53. The maximum Gasteiger partial charge on any atom is 0.336 e. The monoisotopic (exact) mass is 517 g/mol. The van der Waals surface area contributed by atoms with Gasteiger partial charge in [-0.3, -0.25) is 14.4 Å². The molecular formula is C26H20FN5O6. The van der Waals surface area contributed by atoms with Crippen molar-refractivity contribution in [2.75, 3.05) is 6.61 Å². The average Bonchev–Trinajstić information content (AvgIpc) is 3.30. The maximum atomic E-state index is 14.4. The highest BCUT2D eigenvalue weighted by Gasteiger charge is 2.21. The molecule has 1 aliphatic rings. The van der Waals surface area contributed by atoms with Gasteiger partial charge in [-0.1, -0.05) is 24.3 Å². The van der Waals surface area contributed by atoms with Crippen molar-refractivity contribution in [2.45, 2.75) is 19.5 Å². The predicted octanol–water partition coefficient (Wildman–Crippen LogP) is 1.93. The number of amides is 2. The Kier molecular flexibility index (Phi) is 6.52. The molecular weight excluding hydrogens is 497 g/mol. The van der Waals surface area contributed by atoms with Crippen LogP contribution >= 0.6 is 0 Å². The number of hydrogen-bond acceptors (Lipinski definition) is 7. The van der Waals surface area contributed by atoms with Gasteiger partial charge >= 0.3 is 5.97 Å². The van der Waals surface area contributed by atoms with E-state index in [1.165, 1.54) is 12.1 Å². The van der Waals surface area contributed by atoms with Crippen LogP contribution in [0.3, 0.4) is 0 Å². The van der Waals surface area contributed by atoms with Crippen LogP contribution in [0.1, 0.15) is 48.0 Å². The lowest BCUT2D eigenvalue weighted by molar-refractivity contribution is -0.121. The third kappa shape index (κ3) is 4.91. The smallest absolute Gasteiger partial charge is 0.336 e. The van der Waals surface area contributed by atoms with Crippen molar-refractivity contribution in [2.24, 2.45) is 0 Å². The van der Waals surface area contributed by atoms with Gasteiger partial charge < -0.3 is 20.5 Å². The van der Waals surface area contributed by atoms with E-state index in [1.54, 1.807) is 36.4 Å². The molecule has 4 aromatic rings. The van der Waals surface area contributed by atoms with E-state index in [2.05, 4.69) is 20.7 Å². The molecule has 0 saturated carbocycles. The van der Waals surface area contributed by atoms with E-state index >= 15 is 0 Å². The zero-order chi connectivity index (χ0) is 26.8. The number of aromatic carboxylic acids is 1. The summed E-state index contributed by atoms with van der Waals surface area (Å²) < 4.78 is 20.7. The van der Waals surface area contributed by atoms with Crippen LogP contribution in [0.5, 0.6) is 5.75 Å². The number of carboxylic acid groups (broad SMARTS) is 1. The van der Waals surface area contributed by atoms with Crippen LogP contribution in [0, 0.1) is 5.82 Å². The fraction of sp³-hybridized carbons (Fsp3) is 0.154. The second kappa shape index (κ2) is 10.1. The summed E-state index contributed by atoms with van der Waals surface area (Å²) in [5.74, 6) is -2.78. The number of carboxylic acids is 1. The summed E-state index contributed by atoms with van der Waals surface area (Å²) in [4.78, 5) is 53.0. The lowest BCUT2D eigenvalue weighted by atomic mass is 10.0. The van der Waals surface area contributed by atoms with E-state index in [9.17, 15) is 28.7 Å². The van der Waals surface area contributed by atoms with Crippen molar-refractivity contribution in [1.29, 1.82) is 0 Å². The van der Waals surface area contributed by atoms with Gasteiger partial charge in [0, 0.05) is 31.1 Å². The van der Waals surface area contributed by atoms with Crippen molar-refractivity contribution >= 4 is 29.2 Å². The van der Waals surface area contributed by atoms with E-state index in [0.29, 0.717) is 16.9 Å². The van der Waals surface area contributed by atoms with Gasteiger partial charge in [0.1, 0.15) is 23.7 Å². The highest BCUT2D eigenvalue weighted by molar-refractivity contribution is 5.98. The topological polar surface area (TPSA) is 152 Å². The Labute approximate surface area is 214 Å². The van der Waals surface area contributed by atoms with E-state index < -0.39 is 23.6 Å². The fourth-order valence-electron chi connectivity index (χ4n) is 4.08. The first-order valence-corrected chi connectivity index (χ1v) is 11.5. The lowest BCUT2D eigenvalue weighted by Crippen LogP contribution is -2.29. The van der Waals surface area contributed by atoms with Crippen LogP contribution < -0.4 is 15.4 Å². The standard InChI is InChI=1S/C26H20FN5O6/c27-19-12-30-32-21(25(35)29-11-15-3-1-2-4-18(15)26(36)37)9-20(31-23(19)32)24(34)28-10-14-5-6-22-16(7-14)8-17(33)13-38-22/h1-7,9,12H,8,10-11,13H2,(H,28,34)(H,29,35)(H,36,37). The van der Waals surface area contributed by atoms with Crippen LogP contribution in [0.2, 0.25) is 0 Å². The third-order valence-electron chi connectivity index (χ3n) is 5.94. The minimum Gasteiger partial charge on any atom is -0.486 e. The fourth-order valence-corrected chi connectivity index (χ4v) is 4.08. The zero-order valence-electron chi connectivity index (χ0n) is 19.7. The van der Waals surface area contributed by atoms with Crippen molar-refractivity contribution in [3.63, 3.8) is 0 Å². The van der Waals surface area contributed by atoms with Crippen molar-refractivity contribution in [3.8, 4) is 5.75 Å². The SMILES string of the molecule is O=C1COc2ccc(CNC(=O)c3cc(C(=O)NCc4ccccc4C(=O)O)n4ncc(F)c4n3)cc2C1. The molecule has 0 radical (unpaired) electrons. The number of halogens is 1. The molecule has 3 heterocycles. The number of carbonyl (C=O) groups excluding carboxylic acids is 3. The number of carbonyl (C=O) groups is 4. The van der Waals surface area contributed by atoms with Crippen molar-refractivity contribution < 1.29 is 33.4 Å². The number of ether oxygens (including phenoxy) is 1. The summed E-state index contributed by atoms with van der Waals surface area (Å²) >= 11 is 0. The largest absolute Gasteiger partial charge is 0.486 e. The first kappa shape index (κ1) is 24.6. The molecule has 0 fully saturated rings. The Morgan fingerprint density at radius 1 is 1.05 bits per heavy atom. The zero-order valence-corrected chi connectivity index (χ0v) is 19.7. The molecule has 38 heavy (non-hydrogen) atoms. The van der Waals surface area contributed by atoms with Gasteiger partial charge in [-0.15, -0.1) is 0 Å². The van der Waals surface area contributed by atoms with Crippen molar-refractivity contribution in [3.05, 3.63) is 94.2 Å². The van der Waals surface area contributed by atoms with Gasteiger partial charge in [0.15, 0.2) is 17.2 Å². The summed E-state index contributed by atoms with van der Waals surface area (Å²) in [6, 6.07) is 12.6. The Bertz CT molecular complexity index is 1620. The van der Waals surface area contributed by atoms with Gasteiger partial charge in [0.05, 0.1) is 11.8 Å². The highest BCUT2D eigenvalue weighted by Crippen LogP contribution is 2.24. The minimum atomic E-state index is -1.15. The molecule has 0 unspecified atom stereocenters. The van der Waals surface area contributed by atoms with E-state index in [4.69, 9.17) is 4.74 Å². The molecule has 0 atom stereocenters. The molecule has 0 bridgehead atoms. The van der Waals surface area contributed by atoms with E-state index in [-0.39, 0.29) is 54.5 Å². The summed E-state index contributed by atoms with van der Waals surface area (Å²) in [5, 5.41) is 18.4. The number of aromatic nitrogens is 3. The molecule has 3 N–H and O–H groups in total. The Morgan fingerprint density at radius 3 is 2.66 bits per heavy atom. The Balaban J connectivity index is 1.35. The normalized spacial score (nSPS) is 12.5. The molecule has 0 spiro atoms. The van der Waals surface area contributed by atoms with Gasteiger partial charge in [-0.05, 0) is 29.3 Å². The van der Waals surface area contributed by atoms with Crippen LogP contribution in [0.15, 0.2) is 54.7 Å². The second-order valence-corrected chi connectivity index (χ2v) is 8.53. The summed E-state index contributed by atoms with van der Waals surface area (Å²) in [6.07, 6.45) is 1.11. The first-order chi connectivity index (χ1) is 18.3. The summed E-state index contributed by atoms with van der Waals surface area (Å²) in [6.45, 7) is -0.00623. The van der Waals surface area contributed by atoms with Gasteiger partial charge in [-0.25, -0.2) is 18.7 Å². The molecule has 1 aliphatic heterocycles. The van der Waals surface area contributed by atoms with Crippen LogP contribution in [-0.2, 0) is 24.3 Å². The molecule has 5 rings (SSSR count). The van der Waals surface area contributed by atoms with Gasteiger partial charge in [-0.2, -0.15) is 5.10 Å². The third-order valence-corrected chi connectivity index (χ3v) is 5.94. The number of fused-ring (bicyclic) bond motifs is 2. The lowest BCUT2D eigenvalue weighted by Gasteiger charge is -2.17. The highest BCUT2D eigenvalue weighted by atomic mass is 19.1. The van der Waals surface area contributed by atoms with Gasteiger partial charge in [0.25, 0.3) is 11.8 Å². The maximum absolute atomic E-state index is 14.4. The quantitative estimate of drug-likeness (QED) is 0.336. The van der Waals surface area contributed by atoms with Crippen LogP contribution in [0.25, 0.3) is 5.65 Å². The number of Topliss-reactive ketones (excluding diaryl/α,β-unsaturated/α-hetero) is 1. The first-order valence-electron chi connectivity index (χ1n) is 11.5. The number of nitrogens with zero attached hydrogens (tertiary/aromatic N) is 3. The van der Waals surface area contributed by atoms with Gasteiger partial charge in [0.2, 0.25) is 0 Å². The number of nitrogens with one attached hydrogen (secondary N) is 2. The molecule has 2 aromatic carbocycles. The minimum absolute atomic E-state index is 0.0241. The molecule has 0 aliphatic carbocycles. The molecule has 11 nitrogen and oxygen atoms in total. The van der Waals surface area contributed by atoms with E-state index in [1.807, 2.05) is 0 Å². The number of ketones is 1. The summed E-state index contributed by atoms with van der Waals surface area (Å²) in [5.41, 5.74) is 1.11. The number of rotatable bonds is 7. The Morgan fingerprint density at radius 2 is 1.84 bits per heavy atom.